The third-order valence-electron chi connectivity index (χ3n) is 3.70. The number of nitrogens with two attached hydrogens (primary N) is 1. The lowest BCUT2D eigenvalue weighted by molar-refractivity contribution is -0.127. The van der Waals surface area contributed by atoms with Crippen molar-refractivity contribution in [3.8, 4) is 0 Å². The fourth-order valence-corrected chi connectivity index (χ4v) is 2.64. The van der Waals surface area contributed by atoms with E-state index in [0.29, 0.717) is 11.8 Å². The van der Waals surface area contributed by atoms with Gasteiger partial charge in [-0.15, -0.1) is 0 Å². The summed E-state index contributed by atoms with van der Waals surface area (Å²) >= 11 is 4.94. The zero-order chi connectivity index (χ0) is 13.2. The van der Waals surface area contributed by atoms with E-state index in [2.05, 4.69) is 19.2 Å². The van der Waals surface area contributed by atoms with Gasteiger partial charge >= 0.3 is 0 Å². The predicted molar refractivity (Wildman–Crippen MR) is 74.7 cm³/mol. The van der Waals surface area contributed by atoms with Crippen LogP contribution in [-0.2, 0) is 4.79 Å². The zero-order valence-electron chi connectivity index (χ0n) is 11.2. The number of amides is 1. The summed E-state index contributed by atoms with van der Waals surface area (Å²) in [6.45, 7) is 8.04. The van der Waals surface area contributed by atoms with E-state index in [-0.39, 0.29) is 16.9 Å². The Balaban J connectivity index is 2.60. The molecule has 4 heteroatoms. The fourth-order valence-electron chi connectivity index (χ4n) is 2.54. The maximum Gasteiger partial charge on any atom is 0.232 e. The molecule has 1 rings (SSSR count). The van der Waals surface area contributed by atoms with E-state index >= 15 is 0 Å². The minimum atomic E-state index is -0.751. The van der Waals surface area contributed by atoms with E-state index in [1.54, 1.807) is 13.8 Å². The van der Waals surface area contributed by atoms with Crippen LogP contribution in [0, 0.1) is 17.3 Å². The van der Waals surface area contributed by atoms with Crippen LogP contribution in [0.25, 0.3) is 0 Å². The molecule has 1 aliphatic carbocycles. The second-order valence-electron chi connectivity index (χ2n) is 6.08. The highest BCUT2D eigenvalue weighted by molar-refractivity contribution is 7.80. The highest BCUT2D eigenvalue weighted by atomic mass is 32.1. The van der Waals surface area contributed by atoms with Crippen LogP contribution in [-0.4, -0.2) is 16.9 Å². The Bertz CT molecular complexity index is 305. The molecule has 0 saturated heterocycles. The Kier molecular flexibility index (Phi) is 4.53. The summed E-state index contributed by atoms with van der Waals surface area (Å²) < 4.78 is 0. The molecule has 0 radical (unpaired) electrons. The largest absolute Gasteiger partial charge is 0.392 e. The molecule has 0 aromatic rings. The second-order valence-corrected chi connectivity index (χ2v) is 6.52. The molecule has 0 aliphatic heterocycles. The van der Waals surface area contributed by atoms with Gasteiger partial charge in [-0.1, -0.05) is 26.1 Å². The summed E-state index contributed by atoms with van der Waals surface area (Å²) in [5.74, 6) is 1.31. The van der Waals surface area contributed by atoms with Crippen molar-refractivity contribution < 1.29 is 4.79 Å². The Labute approximate surface area is 110 Å². The number of hydrogen-bond acceptors (Lipinski definition) is 2. The van der Waals surface area contributed by atoms with Crippen LogP contribution in [0.3, 0.4) is 0 Å². The predicted octanol–water partition coefficient (Wildman–Crippen LogP) is 2.24. The maximum atomic E-state index is 12.1. The maximum absolute atomic E-state index is 12.1. The normalized spacial score (nSPS) is 29.8. The zero-order valence-corrected chi connectivity index (χ0v) is 12.1. The van der Waals surface area contributed by atoms with Gasteiger partial charge in [0.25, 0.3) is 0 Å². The van der Waals surface area contributed by atoms with Gasteiger partial charge in [0.15, 0.2) is 0 Å². The molecule has 3 N–H and O–H groups in total. The van der Waals surface area contributed by atoms with Gasteiger partial charge in [0.2, 0.25) is 5.91 Å². The van der Waals surface area contributed by atoms with Gasteiger partial charge in [-0.05, 0) is 44.9 Å². The molecule has 0 aromatic carbocycles. The summed E-state index contributed by atoms with van der Waals surface area (Å²) in [4.78, 5) is 12.4. The lowest BCUT2D eigenvalue weighted by Gasteiger charge is -2.34. The van der Waals surface area contributed by atoms with Gasteiger partial charge in [-0.2, -0.15) is 0 Å². The quantitative estimate of drug-likeness (QED) is 0.761. The molecule has 0 spiro atoms. The van der Waals surface area contributed by atoms with Gasteiger partial charge in [0, 0.05) is 6.04 Å². The standard InChI is InChI=1S/C13H24N2OS/c1-8-5-9(2)7-10(6-8)15-12(16)13(3,4)11(14)17/h8-10H,5-7H2,1-4H3,(H2,14,17)(H,15,16). The number of carbonyl (C=O) groups excluding carboxylic acids is 1. The van der Waals surface area contributed by atoms with Crippen molar-refractivity contribution in [3.05, 3.63) is 0 Å². The second kappa shape index (κ2) is 5.34. The molecule has 1 fully saturated rings. The van der Waals surface area contributed by atoms with Gasteiger partial charge in [-0.25, -0.2) is 0 Å². The SMILES string of the molecule is CC1CC(C)CC(NC(=O)C(C)(C)C(N)=S)C1. The average Bonchev–Trinajstić information content (AvgIpc) is 2.15. The van der Waals surface area contributed by atoms with E-state index in [4.69, 9.17) is 18.0 Å². The Morgan fingerprint density at radius 2 is 1.71 bits per heavy atom. The monoisotopic (exact) mass is 256 g/mol. The molecule has 1 saturated carbocycles. The smallest absolute Gasteiger partial charge is 0.232 e. The number of nitrogens with one attached hydrogen (secondary N) is 1. The van der Waals surface area contributed by atoms with Crippen LogP contribution in [0.15, 0.2) is 0 Å². The first-order chi connectivity index (χ1) is 7.73. The van der Waals surface area contributed by atoms with Gasteiger partial charge in [-0.3, -0.25) is 4.79 Å². The first-order valence-corrected chi connectivity index (χ1v) is 6.75. The molecule has 2 unspecified atom stereocenters. The van der Waals surface area contributed by atoms with Crippen molar-refractivity contribution >= 4 is 23.1 Å². The first kappa shape index (κ1) is 14.4. The molecule has 0 aromatic heterocycles. The highest BCUT2D eigenvalue weighted by Gasteiger charge is 2.34. The number of rotatable bonds is 3. The highest BCUT2D eigenvalue weighted by Crippen LogP contribution is 2.29. The molecule has 0 heterocycles. The summed E-state index contributed by atoms with van der Waals surface area (Å²) in [6.07, 6.45) is 3.37. The molecule has 3 nitrogen and oxygen atoms in total. The van der Waals surface area contributed by atoms with Crippen molar-refractivity contribution in [1.82, 2.24) is 5.32 Å². The summed E-state index contributed by atoms with van der Waals surface area (Å²) in [7, 11) is 0. The van der Waals surface area contributed by atoms with Crippen molar-refractivity contribution in [2.24, 2.45) is 23.0 Å². The van der Waals surface area contributed by atoms with Crippen LogP contribution < -0.4 is 11.1 Å². The van der Waals surface area contributed by atoms with Gasteiger partial charge < -0.3 is 11.1 Å². The lowest BCUT2D eigenvalue weighted by atomic mass is 9.80. The van der Waals surface area contributed by atoms with Crippen LogP contribution >= 0.6 is 12.2 Å². The molecule has 1 aliphatic rings. The van der Waals surface area contributed by atoms with Crippen LogP contribution in [0.1, 0.15) is 47.0 Å². The molecule has 1 amide bonds. The van der Waals surface area contributed by atoms with Crippen molar-refractivity contribution in [1.29, 1.82) is 0 Å². The molecule has 2 atom stereocenters. The Morgan fingerprint density at radius 3 is 2.12 bits per heavy atom. The van der Waals surface area contributed by atoms with E-state index < -0.39 is 5.41 Å². The molecule has 98 valence electrons. The van der Waals surface area contributed by atoms with Crippen LogP contribution in [0.4, 0.5) is 0 Å². The van der Waals surface area contributed by atoms with Crippen LogP contribution in [0.5, 0.6) is 0 Å². The lowest BCUT2D eigenvalue weighted by Crippen LogP contribution is -2.49. The topological polar surface area (TPSA) is 55.1 Å². The first-order valence-electron chi connectivity index (χ1n) is 6.34. The molecular weight excluding hydrogens is 232 g/mol. The molecular formula is C13H24N2OS. The molecule has 17 heavy (non-hydrogen) atoms. The van der Waals surface area contributed by atoms with Gasteiger partial charge in [0.1, 0.15) is 0 Å². The van der Waals surface area contributed by atoms with Crippen molar-refractivity contribution in [2.75, 3.05) is 0 Å². The average molecular weight is 256 g/mol. The van der Waals surface area contributed by atoms with Gasteiger partial charge in [0.05, 0.1) is 10.4 Å². The minimum Gasteiger partial charge on any atom is -0.392 e. The Morgan fingerprint density at radius 1 is 1.24 bits per heavy atom. The number of hydrogen-bond donors (Lipinski definition) is 2. The van der Waals surface area contributed by atoms with Crippen molar-refractivity contribution in [2.45, 2.75) is 53.0 Å². The van der Waals surface area contributed by atoms with Crippen LogP contribution in [0.2, 0.25) is 0 Å². The third-order valence-corrected chi connectivity index (χ3v) is 4.21. The van der Waals surface area contributed by atoms with Crippen molar-refractivity contribution in [3.63, 3.8) is 0 Å². The third kappa shape index (κ3) is 3.66. The van der Waals surface area contributed by atoms with E-state index in [9.17, 15) is 4.79 Å². The molecule has 0 bridgehead atoms. The van der Waals surface area contributed by atoms with E-state index in [1.165, 1.54) is 6.42 Å². The Hall–Kier alpha value is -0.640. The summed E-state index contributed by atoms with van der Waals surface area (Å²) in [5.41, 5.74) is 4.85. The fraction of sp³-hybridized carbons (Fsp3) is 0.846. The minimum absolute atomic E-state index is 0.0451. The number of carbonyl (C=O) groups is 1. The summed E-state index contributed by atoms with van der Waals surface area (Å²) in [5, 5.41) is 3.09. The summed E-state index contributed by atoms with van der Waals surface area (Å²) in [6, 6.07) is 0.273. The van der Waals surface area contributed by atoms with E-state index in [1.807, 2.05) is 0 Å². The van der Waals surface area contributed by atoms with E-state index in [0.717, 1.165) is 12.8 Å². The number of thiocarbonyl (C=S) groups is 1.